The molecule has 0 aliphatic rings. The molecule has 1 aromatic rings. The van der Waals surface area contributed by atoms with Crippen LogP contribution in [-0.2, 0) is 4.79 Å². The van der Waals surface area contributed by atoms with Gasteiger partial charge in [0, 0.05) is 18.7 Å². The summed E-state index contributed by atoms with van der Waals surface area (Å²) < 4.78 is 0. The van der Waals surface area contributed by atoms with Gasteiger partial charge in [-0.1, -0.05) is 6.92 Å². The van der Waals surface area contributed by atoms with Crippen molar-refractivity contribution in [3.8, 4) is 6.07 Å². The molecule has 5 nitrogen and oxygen atoms in total. The van der Waals surface area contributed by atoms with Gasteiger partial charge in [0.05, 0.1) is 5.56 Å². The number of anilines is 1. The highest BCUT2D eigenvalue weighted by Gasteiger charge is 2.09. The molecule has 1 heterocycles. The summed E-state index contributed by atoms with van der Waals surface area (Å²) in [5.74, 6) is -0.317. The largest absolute Gasteiger partial charge is 0.481 e. The molecule has 0 saturated carbocycles. The van der Waals surface area contributed by atoms with Crippen LogP contribution in [0.25, 0.3) is 0 Å². The average molecular weight is 233 g/mol. The van der Waals surface area contributed by atoms with Crippen molar-refractivity contribution in [1.29, 1.82) is 5.26 Å². The van der Waals surface area contributed by atoms with E-state index in [1.807, 2.05) is 19.9 Å². The third kappa shape index (κ3) is 4.11. The van der Waals surface area contributed by atoms with Crippen molar-refractivity contribution in [3.63, 3.8) is 0 Å². The van der Waals surface area contributed by atoms with Crippen LogP contribution >= 0.6 is 0 Å². The van der Waals surface area contributed by atoms with E-state index in [2.05, 4.69) is 10.3 Å². The topological polar surface area (TPSA) is 86.0 Å². The van der Waals surface area contributed by atoms with Crippen molar-refractivity contribution in [2.45, 2.75) is 20.3 Å². The van der Waals surface area contributed by atoms with E-state index in [-0.39, 0.29) is 12.3 Å². The fourth-order valence-corrected chi connectivity index (χ4v) is 1.42. The summed E-state index contributed by atoms with van der Waals surface area (Å²) in [6, 6.07) is 5.52. The lowest BCUT2D eigenvalue weighted by Gasteiger charge is -2.12. The summed E-state index contributed by atoms with van der Waals surface area (Å²) in [6.45, 7) is 4.16. The van der Waals surface area contributed by atoms with Gasteiger partial charge in [0.1, 0.15) is 11.9 Å². The minimum absolute atomic E-state index is 0.0126. The first-order chi connectivity index (χ1) is 8.02. The van der Waals surface area contributed by atoms with E-state index in [1.54, 1.807) is 12.1 Å². The maximum atomic E-state index is 10.5. The third-order valence-electron chi connectivity index (χ3n) is 2.30. The Bertz CT molecular complexity index is 452. The molecule has 0 aliphatic heterocycles. The number of nitrogens with zero attached hydrogens (tertiary/aromatic N) is 2. The predicted octanol–water partition coefficient (Wildman–Crippen LogP) is 1.78. The molecule has 2 N–H and O–H groups in total. The molecule has 1 rings (SSSR count). The van der Waals surface area contributed by atoms with E-state index in [0.717, 1.165) is 5.69 Å². The molecule has 1 atom stereocenters. The maximum Gasteiger partial charge on any atom is 0.303 e. The smallest absolute Gasteiger partial charge is 0.303 e. The quantitative estimate of drug-likeness (QED) is 0.809. The number of aromatic nitrogens is 1. The molecule has 0 fully saturated rings. The lowest BCUT2D eigenvalue weighted by atomic mass is 10.1. The normalized spacial score (nSPS) is 11.6. The molecule has 0 radical (unpaired) electrons. The third-order valence-corrected chi connectivity index (χ3v) is 2.30. The van der Waals surface area contributed by atoms with Crippen LogP contribution in [-0.4, -0.2) is 22.6 Å². The number of aryl methyl sites for hydroxylation is 1. The summed E-state index contributed by atoms with van der Waals surface area (Å²) in [7, 11) is 0. The Morgan fingerprint density at radius 1 is 1.65 bits per heavy atom. The number of carboxylic acid groups (broad SMARTS) is 1. The zero-order valence-electron chi connectivity index (χ0n) is 9.90. The molecule has 0 spiro atoms. The first-order valence-electron chi connectivity index (χ1n) is 5.36. The summed E-state index contributed by atoms with van der Waals surface area (Å²) in [5, 5.41) is 20.5. The number of carbonyl (C=O) groups is 1. The molecule has 0 amide bonds. The van der Waals surface area contributed by atoms with Crippen LogP contribution in [0.15, 0.2) is 12.1 Å². The number of carboxylic acids is 1. The zero-order valence-corrected chi connectivity index (χ0v) is 9.90. The van der Waals surface area contributed by atoms with Crippen LogP contribution in [0, 0.1) is 24.2 Å². The lowest BCUT2D eigenvalue weighted by molar-refractivity contribution is -0.137. The SMILES string of the molecule is Cc1ccc(C#N)c(NCC(C)CC(=O)O)n1. The Hall–Kier alpha value is -2.09. The van der Waals surface area contributed by atoms with Gasteiger partial charge in [-0.25, -0.2) is 4.98 Å². The molecule has 1 unspecified atom stereocenters. The molecule has 17 heavy (non-hydrogen) atoms. The first-order valence-corrected chi connectivity index (χ1v) is 5.36. The minimum atomic E-state index is -0.822. The second kappa shape index (κ2) is 5.85. The summed E-state index contributed by atoms with van der Waals surface area (Å²) in [4.78, 5) is 14.7. The van der Waals surface area contributed by atoms with Crippen LogP contribution in [0.4, 0.5) is 5.82 Å². The van der Waals surface area contributed by atoms with E-state index in [4.69, 9.17) is 10.4 Å². The van der Waals surface area contributed by atoms with Crippen molar-refractivity contribution in [3.05, 3.63) is 23.4 Å². The Labute approximate surface area is 100 Å². The van der Waals surface area contributed by atoms with Crippen molar-refractivity contribution >= 4 is 11.8 Å². The van der Waals surface area contributed by atoms with Crippen LogP contribution in [0.5, 0.6) is 0 Å². The predicted molar refractivity (Wildman–Crippen MR) is 63.6 cm³/mol. The monoisotopic (exact) mass is 233 g/mol. The van der Waals surface area contributed by atoms with Gasteiger partial charge >= 0.3 is 5.97 Å². The second-order valence-electron chi connectivity index (χ2n) is 4.04. The number of hydrogen-bond acceptors (Lipinski definition) is 4. The number of hydrogen-bond donors (Lipinski definition) is 2. The number of nitrogens with one attached hydrogen (secondary N) is 1. The van der Waals surface area contributed by atoms with Gasteiger partial charge in [-0.05, 0) is 25.0 Å². The van der Waals surface area contributed by atoms with Crippen molar-refractivity contribution in [2.75, 3.05) is 11.9 Å². The maximum absolute atomic E-state index is 10.5. The summed E-state index contributed by atoms with van der Waals surface area (Å²) >= 11 is 0. The number of nitriles is 1. The van der Waals surface area contributed by atoms with E-state index in [0.29, 0.717) is 17.9 Å². The molecular formula is C12H15N3O2. The second-order valence-corrected chi connectivity index (χ2v) is 4.04. The zero-order chi connectivity index (χ0) is 12.8. The van der Waals surface area contributed by atoms with Crippen molar-refractivity contribution in [1.82, 2.24) is 4.98 Å². The number of rotatable bonds is 5. The molecule has 0 saturated heterocycles. The van der Waals surface area contributed by atoms with Gasteiger partial charge in [-0.2, -0.15) is 5.26 Å². The highest BCUT2D eigenvalue weighted by Crippen LogP contribution is 2.13. The molecular weight excluding hydrogens is 218 g/mol. The van der Waals surface area contributed by atoms with Crippen LogP contribution in [0.2, 0.25) is 0 Å². The first kappa shape index (κ1) is 13.0. The molecule has 5 heteroatoms. The molecule has 90 valence electrons. The van der Waals surface area contributed by atoms with Crippen molar-refractivity contribution < 1.29 is 9.90 Å². The molecule has 1 aromatic heterocycles. The van der Waals surface area contributed by atoms with Gasteiger partial charge < -0.3 is 10.4 Å². The fraction of sp³-hybridized carbons (Fsp3) is 0.417. The number of aliphatic carboxylic acids is 1. The van der Waals surface area contributed by atoms with Crippen LogP contribution in [0.1, 0.15) is 24.6 Å². The van der Waals surface area contributed by atoms with Crippen molar-refractivity contribution in [2.24, 2.45) is 5.92 Å². The van der Waals surface area contributed by atoms with Gasteiger partial charge in [0.15, 0.2) is 0 Å². The lowest BCUT2D eigenvalue weighted by Crippen LogP contribution is -2.16. The Morgan fingerprint density at radius 3 is 2.94 bits per heavy atom. The van der Waals surface area contributed by atoms with E-state index in [1.165, 1.54) is 0 Å². The van der Waals surface area contributed by atoms with Gasteiger partial charge in [0.2, 0.25) is 0 Å². The van der Waals surface area contributed by atoms with E-state index in [9.17, 15) is 4.79 Å². The van der Waals surface area contributed by atoms with Crippen LogP contribution < -0.4 is 5.32 Å². The fourth-order valence-electron chi connectivity index (χ4n) is 1.42. The summed E-state index contributed by atoms with van der Waals surface area (Å²) in [5.41, 5.74) is 1.29. The highest BCUT2D eigenvalue weighted by molar-refractivity contribution is 5.67. The average Bonchev–Trinajstić information content (AvgIpc) is 2.25. The highest BCUT2D eigenvalue weighted by atomic mass is 16.4. The standard InChI is InChI=1S/C12H15N3O2/c1-8(5-11(16)17)7-14-12-10(6-13)4-3-9(2)15-12/h3-4,8H,5,7H2,1-2H3,(H,14,15)(H,16,17). The summed E-state index contributed by atoms with van der Waals surface area (Å²) in [6.07, 6.45) is 0.0979. The minimum Gasteiger partial charge on any atom is -0.481 e. The molecule has 0 aromatic carbocycles. The van der Waals surface area contributed by atoms with E-state index >= 15 is 0 Å². The Kier molecular flexibility index (Phi) is 4.46. The number of pyridine rings is 1. The Balaban J connectivity index is 2.66. The molecule has 0 aliphatic carbocycles. The van der Waals surface area contributed by atoms with Gasteiger partial charge in [-0.3, -0.25) is 4.79 Å². The molecule has 0 bridgehead atoms. The van der Waals surface area contributed by atoms with E-state index < -0.39 is 5.97 Å². The Morgan fingerprint density at radius 2 is 2.35 bits per heavy atom. The van der Waals surface area contributed by atoms with Crippen LogP contribution in [0.3, 0.4) is 0 Å². The van der Waals surface area contributed by atoms with Gasteiger partial charge in [-0.15, -0.1) is 0 Å². The van der Waals surface area contributed by atoms with Gasteiger partial charge in [0.25, 0.3) is 0 Å².